The molecular weight excluding hydrogens is 480 g/mol. The lowest BCUT2D eigenvalue weighted by molar-refractivity contribution is -0.141. The second-order valence-electron chi connectivity index (χ2n) is 10.2. The second kappa shape index (κ2) is 14.0. The molecule has 0 aromatic carbocycles. The maximum Gasteiger partial charge on any atom is 0.357 e. The highest BCUT2D eigenvalue weighted by molar-refractivity contribution is 7.09. The molecule has 1 fully saturated rings. The van der Waals surface area contributed by atoms with Crippen LogP contribution in [0.15, 0.2) is 5.38 Å². The van der Waals surface area contributed by atoms with Crippen LogP contribution in [0.5, 0.6) is 0 Å². The van der Waals surface area contributed by atoms with E-state index in [1.807, 2.05) is 34.7 Å². The van der Waals surface area contributed by atoms with Crippen molar-refractivity contribution in [1.29, 1.82) is 0 Å². The van der Waals surface area contributed by atoms with Crippen molar-refractivity contribution in [2.75, 3.05) is 27.2 Å². The molecule has 10 heteroatoms. The fourth-order valence-corrected chi connectivity index (χ4v) is 5.45. The Bertz CT molecular complexity index is 876. The Morgan fingerprint density at radius 2 is 1.97 bits per heavy atom. The van der Waals surface area contributed by atoms with Crippen molar-refractivity contribution in [3.8, 4) is 0 Å². The van der Waals surface area contributed by atoms with E-state index < -0.39 is 18.1 Å². The van der Waals surface area contributed by atoms with Crippen molar-refractivity contribution in [3.05, 3.63) is 16.1 Å². The van der Waals surface area contributed by atoms with E-state index in [1.54, 1.807) is 24.3 Å². The fraction of sp³-hybridized carbons (Fsp3) is 0.769. The molecule has 0 radical (unpaired) electrons. The van der Waals surface area contributed by atoms with Crippen molar-refractivity contribution in [2.45, 2.75) is 91.0 Å². The van der Waals surface area contributed by atoms with E-state index in [2.05, 4.69) is 15.2 Å². The summed E-state index contributed by atoms with van der Waals surface area (Å²) < 4.78 is 4.98. The molecule has 2 heterocycles. The number of nitrogens with one attached hydrogen (secondary N) is 1. The molecule has 1 aromatic rings. The number of carbonyl (C=O) groups is 3. The minimum atomic E-state index is -0.937. The molecule has 1 aromatic heterocycles. The van der Waals surface area contributed by atoms with Gasteiger partial charge in [-0.1, -0.05) is 40.5 Å². The quantitative estimate of drug-likeness (QED) is 0.404. The van der Waals surface area contributed by atoms with Crippen LogP contribution in [0, 0.1) is 11.8 Å². The SMILES string of the molecule is CCOC(=O)c1csc([C@H](O)CC(C(C)C)N(C)C(=O)[C@@H](NC(=O)[C@H]2CCCCN2C)[C@@H](C)CC)n1. The van der Waals surface area contributed by atoms with Crippen LogP contribution in [0.25, 0.3) is 0 Å². The number of piperidine rings is 1. The molecule has 2 N–H and O–H groups in total. The van der Waals surface area contributed by atoms with Crippen LogP contribution in [0.3, 0.4) is 0 Å². The molecule has 1 unspecified atom stereocenters. The lowest BCUT2D eigenvalue weighted by atomic mass is 9.92. The third kappa shape index (κ3) is 7.73. The first-order valence-electron chi connectivity index (χ1n) is 13.1. The first-order chi connectivity index (χ1) is 17.0. The van der Waals surface area contributed by atoms with E-state index in [1.165, 1.54) is 11.3 Å². The minimum absolute atomic E-state index is 0.0402. The van der Waals surface area contributed by atoms with Crippen LogP contribution < -0.4 is 5.32 Å². The second-order valence-corrected chi connectivity index (χ2v) is 11.1. The Hall–Kier alpha value is -2.04. The molecule has 1 saturated heterocycles. The molecule has 1 aliphatic heterocycles. The summed E-state index contributed by atoms with van der Waals surface area (Å²) >= 11 is 1.20. The van der Waals surface area contributed by atoms with Gasteiger partial charge in [0, 0.05) is 24.9 Å². The number of carbonyl (C=O) groups excluding carboxylic acids is 3. The first kappa shape index (κ1) is 30.2. The molecule has 36 heavy (non-hydrogen) atoms. The molecule has 0 aliphatic carbocycles. The van der Waals surface area contributed by atoms with Crippen molar-refractivity contribution in [2.24, 2.45) is 11.8 Å². The van der Waals surface area contributed by atoms with Gasteiger partial charge in [-0.15, -0.1) is 11.3 Å². The van der Waals surface area contributed by atoms with Crippen LogP contribution in [0.2, 0.25) is 0 Å². The number of likely N-dealkylation sites (N-methyl/N-ethyl adjacent to an activating group) is 2. The third-order valence-corrected chi connectivity index (χ3v) is 8.17. The predicted molar refractivity (Wildman–Crippen MR) is 141 cm³/mol. The summed E-state index contributed by atoms with van der Waals surface area (Å²) in [6.45, 7) is 10.8. The molecule has 5 atom stereocenters. The summed E-state index contributed by atoms with van der Waals surface area (Å²) in [4.78, 5) is 46.8. The third-order valence-electron chi connectivity index (χ3n) is 7.22. The zero-order valence-corrected chi connectivity index (χ0v) is 23.6. The summed E-state index contributed by atoms with van der Waals surface area (Å²) in [5.41, 5.74) is 0.175. The summed E-state index contributed by atoms with van der Waals surface area (Å²) in [6, 6.07) is -1.15. The predicted octanol–water partition coefficient (Wildman–Crippen LogP) is 3.24. The molecule has 9 nitrogen and oxygen atoms in total. The fourth-order valence-electron chi connectivity index (χ4n) is 4.67. The Morgan fingerprint density at radius 1 is 1.28 bits per heavy atom. The van der Waals surface area contributed by atoms with Gasteiger partial charge in [0.25, 0.3) is 0 Å². The van der Waals surface area contributed by atoms with Gasteiger partial charge >= 0.3 is 5.97 Å². The number of nitrogens with zero attached hydrogens (tertiary/aromatic N) is 3. The minimum Gasteiger partial charge on any atom is -0.461 e. The summed E-state index contributed by atoms with van der Waals surface area (Å²) in [5, 5.41) is 16.0. The van der Waals surface area contributed by atoms with Gasteiger partial charge in [-0.2, -0.15) is 0 Å². The van der Waals surface area contributed by atoms with E-state index in [0.717, 1.165) is 32.2 Å². The van der Waals surface area contributed by atoms with E-state index in [0.29, 0.717) is 5.01 Å². The monoisotopic (exact) mass is 524 g/mol. The van der Waals surface area contributed by atoms with E-state index in [-0.39, 0.29) is 54.5 Å². The van der Waals surface area contributed by atoms with E-state index >= 15 is 0 Å². The van der Waals surface area contributed by atoms with Crippen molar-refractivity contribution < 1.29 is 24.2 Å². The number of rotatable bonds is 12. The number of hydrogen-bond donors (Lipinski definition) is 2. The van der Waals surface area contributed by atoms with Crippen molar-refractivity contribution >= 4 is 29.1 Å². The lowest BCUT2D eigenvalue weighted by Gasteiger charge is -2.38. The van der Waals surface area contributed by atoms with Crippen molar-refractivity contribution in [3.63, 3.8) is 0 Å². The largest absolute Gasteiger partial charge is 0.461 e. The number of aromatic nitrogens is 1. The van der Waals surface area contributed by atoms with Gasteiger partial charge < -0.3 is 20.1 Å². The standard InChI is InChI=1S/C26H44N4O5S/c1-8-17(5)22(28-23(32)19-12-10-11-13-29(19)6)25(33)30(7)20(16(3)4)14-21(31)24-27-18(15-36-24)26(34)35-9-2/h15-17,19-22,31H,8-14H2,1-7H3,(H,28,32)/t17-,19+,20?,21+,22-/m0/s1. The highest BCUT2D eigenvalue weighted by Crippen LogP contribution is 2.28. The van der Waals surface area contributed by atoms with Crippen LogP contribution >= 0.6 is 11.3 Å². The molecule has 1 aliphatic rings. The van der Waals surface area contributed by atoms with Crippen LogP contribution in [0.1, 0.15) is 88.3 Å². The zero-order chi connectivity index (χ0) is 27.0. The molecule has 204 valence electrons. The molecule has 0 bridgehead atoms. The van der Waals surface area contributed by atoms with Crippen LogP contribution in [-0.4, -0.2) is 83.0 Å². The topological polar surface area (TPSA) is 112 Å². The summed E-state index contributed by atoms with van der Waals surface area (Å²) in [5.74, 6) is -0.763. The Labute approximate surface area is 219 Å². The Kier molecular flexibility index (Phi) is 11.8. The average molecular weight is 525 g/mol. The van der Waals surface area contributed by atoms with Gasteiger partial charge in [0.1, 0.15) is 17.2 Å². The van der Waals surface area contributed by atoms with Crippen LogP contribution in [0.4, 0.5) is 0 Å². The zero-order valence-electron chi connectivity index (χ0n) is 22.8. The number of aliphatic hydroxyl groups excluding tert-OH is 1. The van der Waals surface area contributed by atoms with E-state index in [9.17, 15) is 19.5 Å². The maximum absolute atomic E-state index is 13.7. The van der Waals surface area contributed by atoms with Gasteiger partial charge in [-0.3, -0.25) is 14.5 Å². The van der Waals surface area contributed by atoms with Gasteiger partial charge in [-0.05, 0) is 45.2 Å². The average Bonchev–Trinajstić information content (AvgIpc) is 3.35. The van der Waals surface area contributed by atoms with Gasteiger partial charge in [0.05, 0.1) is 12.6 Å². The number of thiazole rings is 1. The molecule has 0 saturated carbocycles. The Morgan fingerprint density at radius 3 is 2.56 bits per heavy atom. The number of amides is 2. The number of esters is 1. The number of aliphatic hydroxyl groups is 1. The maximum atomic E-state index is 13.7. The van der Waals surface area contributed by atoms with Gasteiger partial charge in [-0.25, -0.2) is 9.78 Å². The van der Waals surface area contributed by atoms with Crippen molar-refractivity contribution in [1.82, 2.24) is 20.1 Å². The Balaban J connectivity index is 2.15. The highest BCUT2D eigenvalue weighted by Gasteiger charge is 2.36. The highest BCUT2D eigenvalue weighted by atomic mass is 32.1. The molecule has 2 rings (SSSR count). The first-order valence-corrected chi connectivity index (χ1v) is 14.0. The smallest absolute Gasteiger partial charge is 0.357 e. The lowest BCUT2D eigenvalue weighted by Crippen LogP contribution is -2.58. The van der Waals surface area contributed by atoms with E-state index in [4.69, 9.17) is 4.74 Å². The van der Waals surface area contributed by atoms with Gasteiger partial charge in [0.2, 0.25) is 11.8 Å². The number of hydrogen-bond acceptors (Lipinski definition) is 8. The summed E-state index contributed by atoms with van der Waals surface area (Å²) in [7, 11) is 3.69. The molecule has 0 spiro atoms. The number of likely N-dealkylation sites (tertiary alicyclic amines) is 1. The molecular formula is C26H44N4O5S. The molecule has 2 amide bonds. The summed E-state index contributed by atoms with van der Waals surface area (Å²) in [6.07, 6.45) is 2.95. The normalized spacial score (nSPS) is 19.9. The number of ether oxygens (including phenoxy) is 1. The van der Waals surface area contributed by atoms with Crippen LogP contribution in [-0.2, 0) is 14.3 Å². The van der Waals surface area contributed by atoms with Gasteiger partial charge in [0.15, 0.2) is 5.69 Å².